The molecular weight excluding hydrogens is 372 g/mol. The number of carbonyl (C=O) groups is 2. The molecule has 0 aliphatic carbocycles. The van der Waals surface area contributed by atoms with Gasteiger partial charge in [0.25, 0.3) is 5.56 Å². The largest absolute Gasteiger partial charge is 0.355 e. The van der Waals surface area contributed by atoms with Crippen molar-refractivity contribution in [2.45, 2.75) is 32.5 Å². The molecule has 2 amide bonds. The third-order valence-corrected chi connectivity index (χ3v) is 5.80. The van der Waals surface area contributed by atoms with Crippen LogP contribution in [0.4, 0.5) is 0 Å². The normalized spacial score (nSPS) is 10.7. The molecule has 9 heteroatoms. The maximum absolute atomic E-state index is 12.8. The fourth-order valence-electron chi connectivity index (χ4n) is 2.33. The number of nitrogens with one attached hydrogen (secondary N) is 2. The van der Waals surface area contributed by atoms with Crippen LogP contribution in [0, 0.1) is 13.8 Å². The zero-order valence-electron chi connectivity index (χ0n) is 15.0. The van der Waals surface area contributed by atoms with Gasteiger partial charge in [-0.1, -0.05) is 17.8 Å². The lowest BCUT2D eigenvalue weighted by atomic mass is 10.2. The molecule has 2 heterocycles. The van der Waals surface area contributed by atoms with Gasteiger partial charge >= 0.3 is 0 Å². The molecule has 0 aliphatic heterocycles. The van der Waals surface area contributed by atoms with Crippen molar-refractivity contribution in [2.24, 2.45) is 0 Å². The quantitative estimate of drug-likeness (QED) is 0.403. The van der Waals surface area contributed by atoms with E-state index in [9.17, 15) is 14.4 Å². The van der Waals surface area contributed by atoms with Crippen LogP contribution in [0.25, 0.3) is 10.2 Å². The van der Waals surface area contributed by atoms with Crippen LogP contribution in [-0.2, 0) is 16.1 Å². The Hall–Kier alpha value is -2.13. The van der Waals surface area contributed by atoms with Gasteiger partial charge in [-0.25, -0.2) is 4.98 Å². The summed E-state index contributed by atoms with van der Waals surface area (Å²) >= 11 is 2.64. The molecule has 2 rings (SSSR count). The first-order chi connectivity index (χ1) is 12.4. The Labute approximate surface area is 159 Å². The standard InChI is InChI=1S/C17H22N4O3S2/c1-5-7-21-16(24)14-10(3)11(4)26-15(14)20-17(21)25-9-13(23)19-8-12(22)18-6-2/h5H,1,6-9H2,2-4H3,(H,18,22)(H,19,23). The minimum Gasteiger partial charge on any atom is -0.355 e. The average Bonchev–Trinajstić information content (AvgIpc) is 2.88. The highest BCUT2D eigenvalue weighted by atomic mass is 32.2. The van der Waals surface area contributed by atoms with E-state index in [4.69, 9.17) is 0 Å². The summed E-state index contributed by atoms with van der Waals surface area (Å²) in [7, 11) is 0. The second kappa shape index (κ2) is 9.00. The van der Waals surface area contributed by atoms with Crippen molar-refractivity contribution in [1.82, 2.24) is 20.2 Å². The van der Waals surface area contributed by atoms with E-state index >= 15 is 0 Å². The van der Waals surface area contributed by atoms with Crippen molar-refractivity contribution < 1.29 is 9.59 Å². The maximum Gasteiger partial charge on any atom is 0.263 e. The fourth-order valence-corrected chi connectivity index (χ4v) is 4.24. The molecule has 0 radical (unpaired) electrons. The number of thiophene rings is 1. The molecule has 0 aliphatic rings. The summed E-state index contributed by atoms with van der Waals surface area (Å²) in [6.45, 7) is 10.1. The molecule has 0 spiro atoms. The number of allylic oxidation sites excluding steroid dienone is 1. The van der Waals surface area contributed by atoms with Crippen LogP contribution < -0.4 is 16.2 Å². The number of aromatic nitrogens is 2. The van der Waals surface area contributed by atoms with Crippen LogP contribution in [0.5, 0.6) is 0 Å². The van der Waals surface area contributed by atoms with Gasteiger partial charge in [0.05, 0.1) is 17.7 Å². The van der Waals surface area contributed by atoms with E-state index in [-0.39, 0.29) is 29.7 Å². The van der Waals surface area contributed by atoms with Crippen molar-refractivity contribution >= 4 is 45.1 Å². The predicted octanol–water partition coefficient (Wildman–Crippen LogP) is 1.61. The zero-order chi connectivity index (χ0) is 19.3. The Bertz CT molecular complexity index is 902. The number of likely N-dealkylation sites (N-methyl/N-ethyl adjacent to an activating group) is 1. The van der Waals surface area contributed by atoms with Crippen molar-refractivity contribution in [1.29, 1.82) is 0 Å². The molecule has 0 aromatic carbocycles. The lowest BCUT2D eigenvalue weighted by Gasteiger charge is -2.10. The Kier molecular flexibility index (Phi) is 6.98. The topological polar surface area (TPSA) is 93.1 Å². The first-order valence-electron chi connectivity index (χ1n) is 8.16. The molecule has 2 N–H and O–H groups in total. The van der Waals surface area contributed by atoms with E-state index in [1.54, 1.807) is 6.08 Å². The molecule has 0 fully saturated rings. The number of hydrogen-bond acceptors (Lipinski definition) is 6. The van der Waals surface area contributed by atoms with Gasteiger partial charge in [0.15, 0.2) is 5.16 Å². The molecule has 26 heavy (non-hydrogen) atoms. The number of nitrogens with zero attached hydrogens (tertiary/aromatic N) is 2. The molecule has 0 saturated heterocycles. The smallest absolute Gasteiger partial charge is 0.263 e. The van der Waals surface area contributed by atoms with Gasteiger partial charge in [0.2, 0.25) is 11.8 Å². The van der Waals surface area contributed by atoms with Gasteiger partial charge in [0, 0.05) is 18.0 Å². The molecule has 0 unspecified atom stereocenters. The SMILES string of the molecule is C=CCn1c(SCC(=O)NCC(=O)NCC)nc2sc(C)c(C)c2c1=O. The first-order valence-corrected chi connectivity index (χ1v) is 9.96. The van der Waals surface area contributed by atoms with Crippen LogP contribution >= 0.6 is 23.1 Å². The molecule has 2 aromatic rings. The van der Waals surface area contributed by atoms with E-state index < -0.39 is 0 Å². The Balaban J connectivity index is 2.19. The van der Waals surface area contributed by atoms with Crippen LogP contribution in [0.3, 0.4) is 0 Å². The van der Waals surface area contributed by atoms with Gasteiger partial charge in [-0.3, -0.25) is 19.0 Å². The van der Waals surface area contributed by atoms with Crippen molar-refractivity contribution in [3.63, 3.8) is 0 Å². The Morgan fingerprint density at radius 3 is 2.69 bits per heavy atom. The molecule has 2 aromatic heterocycles. The monoisotopic (exact) mass is 394 g/mol. The first kappa shape index (κ1) is 20.2. The van der Waals surface area contributed by atoms with Crippen molar-refractivity contribution in [2.75, 3.05) is 18.8 Å². The van der Waals surface area contributed by atoms with Crippen molar-refractivity contribution in [3.8, 4) is 0 Å². The van der Waals surface area contributed by atoms with E-state index in [1.807, 2.05) is 20.8 Å². The van der Waals surface area contributed by atoms with E-state index in [2.05, 4.69) is 22.2 Å². The number of carbonyl (C=O) groups excluding carboxylic acids is 2. The average molecular weight is 395 g/mol. The number of thioether (sulfide) groups is 1. The highest BCUT2D eigenvalue weighted by Gasteiger charge is 2.17. The molecule has 7 nitrogen and oxygen atoms in total. The second-order valence-electron chi connectivity index (χ2n) is 5.58. The van der Waals surface area contributed by atoms with Gasteiger partial charge in [-0.2, -0.15) is 0 Å². The summed E-state index contributed by atoms with van der Waals surface area (Å²) in [6, 6.07) is 0. The van der Waals surface area contributed by atoms with Gasteiger partial charge in [-0.15, -0.1) is 17.9 Å². The molecule has 140 valence electrons. The summed E-state index contributed by atoms with van der Waals surface area (Å²) in [6.07, 6.45) is 1.63. The second-order valence-corrected chi connectivity index (χ2v) is 7.73. The molecule has 0 atom stereocenters. The summed E-state index contributed by atoms with van der Waals surface area (Å²) in [5.74, 6) is -0.463. The number of amides is 2. The summed E-state index contributed by atoms with van der Waals surface area (Å²) in [4.78, 5) is 42.5. The van der Waals surface area contributed by atoms with E-state index in [0.29, 0.717) is 28.5 Å². The minimum atomic E-state index is -0.292. The fraction of sp³-hybridized carbons (Fsp3) is 0.412. The van der Waals surface area contributed by atoms with Gasteiger partial charge in [0.1, 0.15) is 4.83 Å². The van der Waals surface area contributed by atoms with E-state index in [1.165, 1.54) is 27.7 Å². The predicted molar refractivity (Wildman–Crippen MR) is 106 cm³/mol. The molecule has 0 saturated carbocycles. The highest BCUT2D eigenvalue weighted by molar-refractivity contribution is 7.99. The van der Waals surface area contributed by atoms with Gasteiger partial charge in [-0.05, 0) is 26.3 Å². The minimum absolute atomic E-state index is 0.0670. The Morgan fingerprint density at radius 2 is 2.04 bits per heavy atom. The maximum atomic E-state index is 12.8. The van der Waals surface area contributed by atoms with Crippen LogP contribution in [0.1, 0.15) is 17.4 Å². The number of aryl methyl sites for hydroxylation is 2. The highest BCUT2D eigenvalue weighted by Crippen LogP contribution is 2.28. The number of hydrogen-bond donors (Lipinski definition) is 2. The zero-order valence-corrected chi connectivity index (χ0v) is 16.7. The third kappa shape index (κ3) is 4.53. The Morgan fingerprint density at radius 1 is 1.31 bits per heavy atom. The lowest BCUT2D eigenvalue weighted by Crippen LogP contribution is -2.37. The van der Waals surface area contributed by atoms with Crippen LogP contribution in [0.15, 0.2) is 22.6 Å². The number of rotatable bonds is 8. The molecule has 0 bridgehead atoms. The third-order valence-electron chi connectivity index (χ3n) is 3.72. The number of fused-ring (bicyclic) bond motifs is 1. The van der Waals surface area contributed by atoms with Crippen LogP contribution in [0.2, 0.25) is 0 Å². The van der Waals surface area contributed by atoms with Gasteiger partial charge < -0.3 is 10.6 Å². The summed E-state index contributed by atoms with van der Waals surface area (Å²) in [5, 5.41) is 6.25. The van der Waals surface area contributed by atoms with E-state index in [0.717, 1.165) is 10.4 Å². The molecular formula is C17H22N4O3S2. The van der Waals surface area contributed by atoms with Crippen LogP contribution in [-0.4, -0.2) is 40.2 Å². The van der Waals surface area contributed by atoms with Crippen molar-refractivity contribution in [3.05, 3.63) is 33.4 Å². The summed E-state index contributed by atoms with van der Waals surface area (Å²) < 4.78 is 1.52. The summed E-state index contributed by atoms with van der Waals surface area (Å²) in [5.41, 5.74) is 0.818. The lowest BCUT2D eigenvalue weighted by molar-refractivity contribution is -0.124.